The number of fused-ring (bicyclic) bond motifs is 2. The van der Waals surface area contributed by atoms with E-state index in [1.54, 1.807) is 5.55 Å². The number of anilines is 1. The fourth-order valence-electron chi connectivity index (χ4n) is 3.22. The maximum Gasteiger partial charge on any atom is 0.267 e. The van der Waals surface area contributed by atoms with Crippen molar-refractivity contribution in [3.63, 3.8) is 0 Å². The Labute approximate surface area is 133 Å². The molecule has 0 saturated heterocycles. The predicted octanol–water partition coefficient (Wildman–Crippen LogP) is 3.36. The van der Waals surface area contributed by atoms with Crippen molar-refractivity contribution in [2.75, 3.05) is 5.32 Å². The van der Waals surface area contributed by atoms with Crippen molar-refractivity contribution in [1.29, 1.82) is 0 Å². The molecule has 110 valence electrons. The number of nitrogens with zero attached hydrogens (tertiary/aromatic N) is 1. The van der Waals surface area contributed by atoms with E-state index in [1.807, 2.05) is 25.1 Å². The molecule has 5 heteroatoms. The summed E-state index contributed by atoms with van der Waals surface area (Å²) in [5, 5.41) is 7.08. The zero-order valence-corrected chi connectivity index (χ0v) is 13.1. The summed E-state index contributed by atoms with van der Waals surface area (Å²) in [7, 11) is 0. The molecule has 0 aliphatic carbocycles. The molecule has 0 saturated carbocycles. The van der Waals surface area contributed by atoms with Crippen LogP contribution in [0.15, 0.2) is 41.5 Å². The van der Waals surface area contributed by atoms with Crippen molar-refractivity contribution >= 4 is 28.9 Å². The van der Waals surface area contributed by atoms with Gasteiger partial charge in [0.2, 0.25) is 4.87 Å². The second kappa shape index (κ2) is 4.61. The number of hydrogen-bond donors (Lipinski definition) is 2. The molecular formula is C17H15N3OS. The van der Waals surface area contributed by atoms with Crippen LogP contribution in [0.4, 0.5) is 5.69 Å². The number of hydrazone groups is 1. The van der Waals surface area contributed by atoms with Crippen molar-refractivity contribution in [3.8, 4) is 11.1 Å². The standard InChI is InChI=1S/C17H15N3OS/c1-10-8-13(12-6-4-3-5-7-12)11(2)14-15(10)19-16(21)17(14)20-18-9-22-17/h3-9,20H,1-2H3,(H,19,21). The second-order valence-corrected chi connectivity index (χ2v) is 6.64. The molecule has 2 heterocycles. The molecule has 22 heavy (non-hydrogen) atoms. The number of carbonyl (C=O) groups is 1. The Bertz CT molecular complexity index is 806. The Balaban J connectivity index is 1.99. The van der Waals surface area contributed by atoms with Crippen molar-refractivity contribution in [2.24, 2.45) is 5.10 Å². The van der Waals surface area contributed by atoms with E-state index in [4.69, 9.17) is 0 Å². The number of carbonyl (C=O) groups excluding carboxylic acids is 1. The van der Waals surface area contributed by atoms with Crippen LogP contribution in [0.1, 0.15) is 16.7 Å². The Morgan fingerprint density at radius 1 is 1.18 bits per heavy atom. The molecule has 1 spiro atoms. The largest absolute Gasteiger partial charge is 0.322 e. The quantitative estimate of drug-likeness (QED) is 0.849. The number of amides is 1. The maximum absolute atomic E-state index is 12.5. The van der Waals surface area contributed by atoms with Gasteiger partial charge in [-0.05, 0) is 42.2 Å². The van der Waals surface area contributed by atoms with Crippen LogP contribution in [-0.2, 0) is 9.67 Å². The Morgan fingerprint density at radius 3 is 2.64 bits per heavy atom. The summed E-state index contributed by atoms with van der Waals surface area (Å²) in [5.74, 6) is -0.0542. The lowest BCUT2D eigenvalue weighted by atomic mass is 9.90. The van der Waals surface area contributed by atoms with Crippen LogP contribution in [0.2, 0.25) is 0 Å². The van der Waals surface area contributed by atoms with E-state index in [1.165, 1.54) is 11.8 Å². The van der Waals surface area contributed by atoms with Crippen molar-refractivity contribution < 1.29 is 4.79 Å². The molecule has 2 aliphatic heterocycles. The van der Waals surface area contributed by atoms with E-state index in [-0.39, 0.29) is 5.91 Å². The van der Waals surface area contributed by atoms with Crippen LogP contribution in [0.3, 0.4) is 0 Å². The number of benzene rings is 2. The summed E-state index contributed by atoms with van der Waals surface area (Å²) >= 11 is 1.42. The van der Waals surface area contributed by atoms with E-state index in [0.29, 0.717) is 0 Å². The van der Waals surface area contributed by atoms with E-state index < -0.39 is 4.87 Å². The summed E-state index contributed by atoms with van der Waals surface area (Å²) in [4.78, 5) is 11.7. The van der Waals surface area contributed by atoms with Crippen LogP contribution in [0.25, 0.3) is 11.1 Å². The normalized spacial score (nSPS) is 21.8. The molecule has 1 unspecified atom stereocenters. The van der Waals surface area contributed by atoms with Crippen molar-refractivity contribution in [1.82, 2.24) is 5.43 Å². The number of rotatable bonds is 1. The Hall–Kier alpha value is -2.27. The van der Waals surface area contributed by atoms with Crippen LogP contribution >= 0.6 is 11.8 Å². The lowest BCUT2D eigenvalue weighted by molar-refractivity contribution is -0.118. The minimum absolute atomic E-state index is 0.0542. The van der Waals surface area contributed by atoms with Gasteiger partial charge in [-0.15, -0.1) is 0 Å². The SMILES string of the molecule is Cc1cc(-c2ccccc2)c(C)c2c1NC(=O)C21NN=CS1. The number of aryl methyl sites for hydroxylation is 1. The summed E-state index contributed by atoms with van der Waals surface area (Å²) in [5.41, 5.74) is 11.1. The smallest absolute Gasteiger partial charge is 0.267 e. The van der Waals surface area contributed by atoms with Crippen LogP contribution in [0.5, 0.6) is 0 Å². The molecule has 2 aromatic rings. The van der Waals surface area contributed by atoms with Crippen molar-refractivity contribution in [2.45, 2.75) is 18.7 Å². The Morgan fingerprint density at radius 2 is 1.95 bits per heavy atom. The third-order valence-electron chi connectivity index (χ3n) is 4.28. The molecule has 2 aromatic carbocycles. The van der Waals surface area contributed by atoms with Gasteiger partial charge in [-0.1, -0.05) is 42.1 Å². The van der Waals surface area contributed by atoms with Gasteiger partial charge in [-0.2, -0.15) is 5.10 Å². The summed E-state index contributed by atoms with van der Waals surface area (Å²) in [6.45, 7) is 4.10. The summed E-state index contributed by atoms with van der Waals surface area (Å²) in [6, 6.07) is 12.4. The monoisotopic (exact) mass is 309 g/mol. The van der Waals surface area contributed by atoms with Gasteiger partial charge in [0, 0.05) is 5.56 Å². The maximum atomic E-state index is 12.5. The highest BCUT2D eigenvalue weighted by Gasteiger charge is 2.51. The highest BCUT2D eigenvalue weighted by Crippen LogP contribution is 2.50. The molecular weight excluding hydrogens is 294 g/mol. The van der Waals surface area contributed by atoms with E-state index in [9.17, 15) is 4.79 Å². The van der Waals surface area contributed by atoms with Gasteiger partial charge in [0.05, 0.1) is 11.2 Å². The first-order chi connectivity index (χ1) is 10.6. The highest BCUT2D eigenvalue weighted by molar-refractivity contribution is 8.13. The molecule has 4 nitrogen and oxygen atoms in total. The first-order valence-corrected chi connectivity index (χ1v) is 7.99. The van der Waals surface area contributed by atoms with Gasteiger partial charge >= 0.3 is 0 Å². The van der Waals surface area contributed by atoms with Crippen LogP contribution < -0.4 is 10.7 Å². The number of thioether (sulfide) groups is 1. The summed E-state index contributed by atoms with van der Waals surface area (Å²) < 4.78 is 0. The molecule has 0 aromatic heterocycles. The van der Waals surface area contributed by atoms with Gasteiger partial charge in [0.25, 0.3) is 5.91 Å². The topological polar surface area (TPSA) is 53.5 Å². The second-order valence-electron chi connectivity index (χ2n) is 5.58. The molecule has 4 rings (SSSR count). The molecule has 2 aliphatic rings. The van der Waals surface area contributed by atoms with Gasteiger partial charge < -0.3 is 5.32 Å². The highest BCUT2D eigenvalue weighted by atomic mass is 32.2. The average molecular weight is 309 g/mol. The van der Waals surface area contributed by atoms with Crippen LogP contribution in [-0.4, -0.2) is 11.5 Å². The molecule has 0 fully saturated rings. The molecule has 0 radical (unpaired) electrons. The van der Waals surface area contributed by atoms with Gasteiger partial charge in [0.15, 0.2) is 0 Å². The molecule has 2 N–H and O–H groups in total. The first-order valence-electron chi connectivity index (χ1n) is 7.11. The van der Waals surface area contributed by atoms with E-state index in [2.05, 4.69) is 41.0 Å². The van der Waals surface area contributed by atoms with Gasteiger partial charge in [-0.25, -0.2) is 0 Å². The van der Waals surface area contributed by atoms with Gasteiger partial charge in [0.1, 0.15) is 0 Å². The first kappa shape index (κ1) is 13.4. The Kier molecular flexibility index (Phi) is 2.81. The third-order valence-corrected chi connectivity index (χ3v) is 5.33. The molecule has 1 amide bonds. The van der Waals surface area contributed by atoms with Crippen molar-refractivity contribution in [3.05, 3.63) is 53.1 Å². The summed E-state index contributed by atoms with van der Waals surface area (Å²) in [6.07, 6.45) is 0. The van der Waals surface area contributed by atoms with E-state index in [0.717, 1.165) is 33.5 Å². The zero-order chi connectivity index (χ0) is 15.3. The average Bonchev–Trinajstić information content (AvgIpc) is 3.12. The van der Waals surface area contributed by atoms with Crippen LogP contribution in [0, 0.1) is 13.8 Å². The fraction of sp³-hybridized carbons (Fsp3) is 0.176. The lowest BCUT2D eigenvalue weighted by Gasteiger charge is -2.23. The third kappa shape index (κ3) is 1.66. The predicted molar refractivity (Wildman–Crippen MR) is 90.9 cm³/mol. The molecule has 0 bridgehead atoms. The molecule has 1 atom stereocenters. The minimum atomic E-state index is -0.824. The zero-order valence-electron chi connectivity index (χ0n) is 12.3. The van der Waals surface area contributed by atoms with Gasteiger partial charge in [-0.3, -0.25) is 10.2 Å². The number of hydrogen-bond acceptors (Lipinski definition) is 4. The fourth-order valence-corrected chi connectivity index (χ4v) is 4.12. The lowest BCUT2D eigenvalue weighted by Crippen LogP contribution is -2.40. The minimum Gasteiger partial charge on any atom is -0.322 e. The number of nitrogens with one attached hydrogen (secondary N) is 2. The van der Waals surface area contributed by atoms with E-state index >= 15 is 0 Å².